The average Bonchev–Trinajstić information content (AvgIpc) is 2.74. The number of benzene rings is 1. The smallest absolute Gasteiger partial charge is 0.295 e. The Kier molecular flexibility index (Phi) is 4.24. The number of hydrogen-bond donors (Lipinski definition) is 1. The van der Waals surface area contributed by atoms with Crippen molar-refractivity contribution in [1.82, 2.24) is 10.2 Å². The standard InChI is InChI=1S/C13H17F3N2/c14-13(15,16)17-9-12-7-4-8-18(12)10-11-5-2-1-3-6-11/h1-3,5-6,12,17H,4,7-10H2. The molecule has 1 aromatic carbocycles. The Morgan fingerprint density at radius 1 is 1.22 bits per heavy atom. The largest absolute Gasteiger partial charge is 0.457 e. The number of rotatable bonds is 4. The first-order valence-corrected chi connectivity index (χ1v) is 6.14. The van der Waals surface area contributed by atoms with Crippen molar-refractivity contribution in [2.75, 3.05) is 13.1 Å². The van der Waals surface area contributed by atoms with E-state index in [1.807, 2.05) is 30.3 Å². The zero-order chi connectivity index (χ0) is 13.0. The molecule has 18 heavy (non-hydrogen) atoms. The van der Waals surface area contributed by atoms with Crippen LogP contribution in [-0.2, 0) is 6.54 Å². The minimum absolute atomic E-state index is 0.0175. The molecule has 100 valence electrons. The van der Waals surface area contributed by atoms with Gasteiger partial charge in [0, 0.05) is 19.1 Å². The summed E-state index contributed by atoms with van der Waals surface area (Å²) in [7, 11) is 0. The second kappa shape index (κ2) is 5.71. The molecule has 2 rings (SSSR count). The maximum Gasteiger partial charge on any atom is 0.457 e. The highest BCUT2D eigenvalue weighted by atomic mass is 19.4. The van der Waals surface area contributed by atoms with E-state index in [0.29, 0.717) is 0 Å². The van der Waals surface area contributed by atoms with E-state index in [1.165, 1.54) is 0 Å². The van der Waals surface area contributed by atoms with Crippen molar-refractivity contribution < 1.29 is 13.2 Å². The highest BCUT2D eigenvalue weighted by Gasteiger charge is 2.31. The Labute approximate surface area is 105 Å². The Morgan fingerprint density at radius 3 is 2.61 bits per heavy atom. The SMILES string of the molecule is FC(F)(F)NCC1CCCN1Cc1ccccc1. The van der Waals surface area contributed by atoms with Gasteiger partial charge in [-0.1, -0.05) is 30.3 Å². The second-order valence-electron chi connectivity index (χ2n) is 4.63. The van der Waals surface area contributed by atoms with E-state index in [0.717, 1.165) is 31.5 Å². The van der Waals surface area contributed by atoms with Crippen LogP contribution in [0.15, 0.2) is 30.3 Å². The molecule has 1 aromatic rings. The van der Waals surface area contributed by atoms with Crippen molar-refractivity contribution in [3.05, 3.63) is 35.9 Å². The first kappa shape index (κ1) is 13.4. The van der Waals surface area contributed by atoms with Gasteiger partial charge in [-0.2, -0.15) is 13.2 Å². The molecular weight excluding hydrogens is 241 g/mol. The summed E-state index contributed by atoms with van der Waals surface area (Å²) >= 11 is 0. The number of nitrogens with zero attached hydrogens (tertiary/aromatic N) is 1. The van der Waals surface area contributed by atoms with Crippen LogP contribution in [0.4, 0.5) is 13.2 Å². The number of nitrogens with one attached hydrogen (secondary N) is 1. The van der Waals surface area contributed by atoms with Crippen molar-refractivity contribution in [2.45, 2.75) is 31.7 Å². The van der Waals surface area contributed by atoms with Crippen molar-refractivity contribution in [1.29, 1.82) is 0 Å². The summed E-state index contributed by atoms with van der Waals surface area (Å²) in [6.07, 6.45) is -2.48. The lowest BCUT2D eigenvalue weighted by Crippen LogP contribution is -2.43. The fourth-order valence-electron chi connectivity index (χ4n) is 2.39. The summed E-state index contributed by atoms with van der Waals surface area (Å²) < 4.78 is 36.4. The van der Waals surface area contributed by atoms with Crippen molar-refractivity contribution >= 4 is 0 Å². The zero-order valence-electron chi connectivity index (χ0n) is 10.1. The molecule has 1 aliphatic rings. The predicted octanol–water partition coefficient (Wildman–Crippen LogP) is 2.76. The van der Waals surface area contributed by atoms with Gasteiger partial charge in [-0.05, 0) is 24.9 Å². The molecule has 0 bridgehead atoms. The fraction of sp³-hybridized carbons (Fsp3) is 0.538. The third kappa shape index (κ3) is 3.99. The molecule has 0 aliphatic carbocycles. The molecule has 1 aliphatic heterocycles. The van der Waals surface area contributed by atoms with Crippen LogP contribution in [0.2, 0.25) is 0 Å². The molecule has 1 N–H and O–H groups in total. The molecule has 0 amide bonds. The Bertz CT molecular complexity index is 364. The van der Waals surface area contributed by atoms with E-state index < -0.39 is 6.30 Å². The summed E-state index contributed by atoms with van der Waals surface area (Å²) in [6, 6.07) is 9.84. The monoisotopic (exact) mass is 258 g/mol. The zero-order valence-corrected chi connectivity index (χ0v) is 10.1. The van der Waals surface area contributed by atoms with E-state index in [-0.39, 0.29) is 12.6 Å². The Balaban J connectivity index is 1.88. The van der Waals surface area contributed by atoms with Gasteiger partial charge < -0.3 is 0 Å². The normalized spacial score (nSPS) is 21.4. The topological polar surface area (TPSA) is 15.3 Å². The predicted molar refractivity (Wildman–Crippen MR) is 63.9 cm³/mol. The van der Waals surface area contributed by atoms with Crippen LogP contribution >= 0.6 is 0 Å². The lowest BCUT2D eigenvalue weighted by molar-refractivity contribution is -0.158. The molecule has 1 saturated heterocycles. The van der Waals surface area contributed by atoms with Gasteiger partial charge in [0.25, 0.3) is 0 Å². The van der Waals surface area contributed by atoms with Crippen LogP contribution < -0.4 is 5.32 Å². The summed E-state index contributed by atoms with van der Waals surface area (Å²) in [5.74, 6) is 0. The van der Waals surface area contributed by atoms with Crippen molar-refractivity contribution in [3.8, 4) is 0 Å². The third-order valence-corrected chi connectivity index (χ3v) is 3.27. The van der Waals surface area contributed by atoms with E-state index in [4.69, 9.17) is 0 Å². The summed E-state index contributed by atoms with van der Waals surface area (Å²) in [6.45, 7) is 1.58. The molecule has 1 atom stereocenters. The van der Waals surface area contributed by atoms with Crippen LogP contribution in [0, 0.1) is 0 Å². The van der Waals surface area contributed by atoms with Gasteiger partial charge in [0.2, 0.25) is 0 Å². The van der Waals surface area contributed by atoms with Crippen molar-refractivity contribution in [2.24, 2.45) is 0 Å². The number of alkyl halides is 3. The van der Waals surface area contributed by atoms with Crippen LogP contribution in [0.5, 0.6) is 0 Å². The maximum absolute atomic E-state index is 12.1. The van der Waals surface area contributed by atoms with Crippen LogP contribution in [0.3, 0.4) is 0 Å². The molecule has 2 nitrogen and oxygen atoms in total. The quantitative estimate of drug-likeness (QED) is 0.835. The first-order chi connectivity index (χ1) is 8.54. The van der Waals surface area contributed by atoms with Gasteiger partial charge in [-0.3, -0.25) is 4.90 Å². The van der Waals surface area contributed by atoms with Gasteiger partial charge in [-0.25, -0.2) is 5.32 Å². The lowest BCUT2D eigenvalue weighted by Gasteiger charge is -2.25. The molecule has 1 heterocycles. The highest BCUT2D eigenvalue weighted by molar-refractivity contribution is 5.14. The Morgan fingerprint density at radius 2 is 1.94 bits per heavy atom. The molecule has 1 fully saturated rings. The minimum atomic E-state index is -4.28. The number of halogens is 3. The van der Waals surface area contributed by atoms with Crippen molar-refractivity contribution in [3.63, 3.8) is 0 Å². The fourth-order valence-corrected chi connectivity index (χ4v) is 2.39. The van der Waals surface area contributed by atoms with Gasteiger partial charge >= 0.3 is 6.30 Å². The molecule has 0 aromatic heterocycles. The van der Waals surface area contributed by atoms with E-state index in [1.54, 1.807) is 5.32 Å². The van der Waals surface area contributed by atoms with E-state index in [2.05, 4.69) is 4.90 Å². The number of likely N-dealkylation sites (tertiary alicyclic amines) is 1. The summed E-state index contributed by atoms with van der Waals surface area (Å²) in [5, 5.41) is 1.64. The average molecular weight is 258 g/mol. The highest BCUT2D eigenvalue weighted by Crippen LogP contribution is 2.20. The molecule has 5 heteroatoms. The van der Waals surface area contributed by atoms with E-state index in [9.17, 15) is 13.2 Å². The van der Waals surface area contributed by atoms with Crippen LogP contribution in [0.1, 0.15) is 18.4 Å². The molecule has 0 saturated carbocycles. The molecule has 1 unspecified atom stereocenters. The molecule has 0 radical (unpaired) electrons. The summed E-state index contributed by atoms with van der Waals surface area (Å²) in [4.78, 5) is 2.12. The lowest BCUT2D eigenvalue weighted by atomic mass is 10.2. The Hall–Kier alpha value is -1.07. The second-order valence-corrected chi connectivity index (χ2v) is 4.63. The van der Waals surface area contributed by atoms with Gasteiger partial charge in [0.05, 0.1) is 0 Å². The minimum Gasteiger partial charge on any atom is -0.295 e. The summed E-state index contributed by atoms with van der Waals surface area (Å²) in [5.41, 5.74) is 1.15. The first-order valence-electron chi connectivity index (χ1n) is 6.14. The maximum atomic E-state index is 12.1. The molecule has 0 spiro atoms. The van der Waals surface area contributed by atoms with Crippen LogP contribution in [-0.4, -0.2) is 30.3 Å². The van der Waals surface area contributed by atoms with E-state index >= 15 is 0 Å². The molecular formula is C13H17F3N2. The number of hydrogen-bond acceptors (Lipinski definition) is 2. The third-order valence-electron chi connectivity index (χ3n) is 3.27. The van der Waals surface area contributed by atoms with Crippen LogP contribution in [0.25, 0.3) is 0 Å². The van der Waals surface area contributed by atoms with Gasteiger partial charge in [-0.15, -0.1) is 0 Å². The van der Waals surface area contributed by atoms with Gasteiger partial charge in [0.15, 0.2) is 0 Å². The van der Waals surface area contributed by atoms with Gasteiger partial charge in [0.1, 0.15) is 0 Å².